The van der Waals surface area contributed by atoms with Crippen molar-refractivity contribution < 1.29 is 9.18 Å². The van der Waals surface area contributed by atoms with Crippen LogP contribution in [0.4, 0.5) is 4.39 Å². The molecule has 2 aromatic carbocycles. The van der Waals surface area contributed by atoms with Crippen molar-refractivity contribution in [3.63, 3.8) is 0 Å². The highest BCUT2D eigenvalue weighted by atomic mass is 79.9. The van der Waals surface area contributed by atoms with Crippen LogP contribution in [0.3, 0.4) is 0 Å². The predicted octanol–water partition coefficient (Wildman–Crippen LogP) is 2.99. The molecule has 0 radical (unpaired) electrons. The summed E-state index contributed by atoms with van der Waals surface area (Å²) in [6, 6.07) is 14.6. The molecule has 0 aliphatic carbocycles. The van der Waals surface area contributed by atoms with Crippen LogP contribution < -0.4 is 10.6 Å². The minimum absolute atomic E-state index is 0.0866. The van der Waals surface area contributed by atoms with E-state index in [9.17, 15) is 9.18 Å². The number of benzene rings is 2. The van der Waals surface area contributed by atoms with Crippen LogP contribution in [0.1, 0.15) is 11.1 Å². The van der Waals surface area contributed by atoms with E-state index in [1.165, 1.54) is 6.07 Å². The van der Waals surface area contributed by atoms with Gasteiger partial charge in [0.25, 0.3) is 0 Å². The van der Waals surface area contributed by atoms with Crippen LogP contribution in [0, 0.1) is 5.82 Å². The third-order valence-corrected chi connectivity index (χ3v) is 3.57. The van der Waals surface area contributed by atoms with E-state index in [-0.39, 0.29) is 18.3 Å². The fourth-order valence-electron chi connectivity index (χ4n) is 1.83. The van der Waals surface area contributed by atoms with Crippen molar-refractivity contribution in [2.24, 2.45) is 0 Å². The molecule has 110 valence electrons. The summed E-state index contributed by atoms with van der Waals surface area (Å²) in [5, 5.41) is 5.81. The van der Waals surface area contributed by atoms with E-state index in [4.69, 9.17) is 0 Å². The van der Waals surface area contributed by atoms with Gasteiger partial charge >= 0.3 is 0 Å². The topological polar surface area (TPSA) is 41.1 Å². The number of carbonyl (C=O) groups excluding carboxylic acids is 1. The Hall–Kier alpha value is -1.72. The van der Waals surface area contributed by atoms with Gasteiger partial charge in [-0.05, 0) is 39.2 Å². The molecule has 0 aliphatic rings. The lowest BCUT2D eigenvalue weighted by Gasteiger charge is -2.07. The van der Waals surface area contributed by atoms with Gasteiger partial charge in [0, 0.05) is 13.1 Å². The second-order valence-electron chi connectivity index (χ2n) is 4.61. The lowest BCUT2D eigenvalue weighted by molar-refractivity contribution is -0.120. The van der Waals surface area contributed by atoms with Crippen LogP contribution in [0.15, 0.2) is 53.0 Å². The molecular formula is C16H16BrFN2O. The van der Waals surface area contributed by atoms with Gasteiger partial charge in [0.05, 0.1) is 11.0 Å². The van der Waals surface area contributed by atoms with E-state index in [0.717, 1.165) is 11.1 Å². The molecule has 1 amide bonds. The molecular weight excluding hydrogens is 335 g/mol. The Morgan fingerprint density at radius 2 is 1.81 bits per heavy atom. The molecule has 0 aromatic heterocycles. The molecule has 0 atom stereocenters. The molecule has 0 fully saturated rings. The van der Waals surface area contributed by atoms with Crippen molar-refractivity contribution in [2.75, 3.05) is 6.54 Å². The minimum atomic E-state index is -0.303. The van der Waals surface area contributed by atoms with Gasteiger partial charge in [-0.2, -0.15) is 0 Å². The number of nitrogens with one attached hydrogen (secondary N) is 2. The number of hydrogen-bond acceptors (Lipinski definition) is 2. The van der Waals surface area contributed by atoms with Crippen molar-refractivity contribution in [1.29, 1.82) is 0 Å². The Morgan fingerprint density at radius 1 is 1.05 bits per heavy atom. The first-order chi connectivity index (χ1) is 10.1. The number of halogens is 2. The van der Waals surface area contributed by atoms with E-state index in [1.807, 2.05) is 36.4 Å². The van der Waals surface area contributed by atoms with Gasteiger partial charge < -0.3 is 10.6 Å². The van der Waals surface area contributed by atoms with Crippen molar-refractivity contribution >= 4 is 21.8 Å². The van der Waals surface area contributed by atoms with Crippen LogP contribution in [0.2, 0.25) is 0 Å². The Kier molecular flexibility index (Phi) is 5.90. The summed E-state index contributed by atoms with van der Waals surface area (Å²) in [4.78, 5) is 11.7. The normalized spacial score (nSPS) is 10.4. The average Bonchev–Trinajstić information content (AvgIpc) is 2.50. The average molecular weight is 351 g/mol. The minimum Gasteiger partial charge on any atom is -0.351 e. The predicted molar refractivity (Wildman–Crippen MR) is 84.1 cm³/mol. The Morgan fingerprint density at radius 3 is 2.52 bits per heavy atom. The van der Waals surface area contributed by atoms with Crippen molar-refractivity contribution in [3.8, 4) is 0 Å². The maximum Gasteiger partial charge on any atom is 0.234 e. The molecule has 0 unspecified atom stereocenters. The number of amides is 1. The molecule has 0 aliphatic heterocycles. The van der Waals surface area contributed by atoms with Crippen molar-refractivity contribution in [3.05, 3.63) is 69.9 Å². The van der Waals surface area contributed by atoms with Crippen LogP contribution in [-0.4, -0.2) is 12.5 Å². The monoisotopic (exact) mass is 350 g/mol. The standard InChI is InChI=1S/C16H16BrFN2O/c17-14-7-6-13(8-15(14)18)9-19-11-16(21)20-10-12-4-2-1-3-5-12/h1-8,19H,9-11H2,(H,20,21). The highest BCUT2D eigenvalue weighted by Crippen LogP contribution is 2.16. The molecule has 0 saturated carbocycles. The Balaban J connectivity index is 1.70. The molecule has 5 heteroatoms. The van der Waals surface area contributed by atoms with E-state index in [2.05, 4.69) is 26.6 Å². The summed E-state index contributed by atoms with van der Waals surface area (Å²) in [6.07, 6.45) is 0. The molecule has 0 heterocycles. The summed E-state index contributed by atoms with van der Waals surface area (Å²) in [5.74, 6) is -0.390. The van der Waals surface area contributed by atoms with Crippen LogP contribution in [0.25, 0.3) is 0 Å². The van der Waals surface area contributed by atoms with Gasteiger partial charge in [0.15, 0.2) is 0 Å². The lowest BCUT2D eigenvalue weighted by Crippen LogP contribution is -2.33. The highest BCUT2D eigenvalue weighted by molar-refractivity contribution is 9.10. The summed E-state index contributed by atoms with van der Waals surface area (Å²) in [5.41, 5.74) is 1.85. The van der Waals surface area contributed by atoms with Crippen LogP contribution in [0.5, 0.6) is 0 Å². The quantitative estimate of drug-likeness (QED) is 0.840. The summed E-state index contributed by atoms with van der Waals surface area (Å²) in [6.45, 7) is 1.15. The first-order valence-corrected chi connectivity index (χ1v) is 7.40. The Labute approximate surface area is 131 Å². The highest BCUT2D eigenvalue weighted by Gasteiger charge is 2.03. The summed E-state index contributed by atoms with van der Waals surface area (Å²) < 4.78 is 13.8. The lowest BCUT2D eigenvalue weighted by atomic mass is 10.2. The molecule has 2 aromatic rings. The third-order valence-electron chi connectivity index (χ3n) is 2.93. The van der Waals surface area contributed by atoms with Gasteiger partial charge in [-0.15, -0.1) is 0 Å². The van der Waals surface area contributed by atoms with E-state index >= 15 is 0 Å². The van der Waals surface area contributed by atoms with E-state index in [1.54, 1.807) is 6.07 Å². The second-order valence-corrected chi connectivity index (χ2v) is 5.47. The smallest absolute Gasteiger partial charge is 0.234 e. The first-order valence-electron chi connectivity index (χ1n) is 6.60. The van der Waals surface area contributed by atoms with Crippen LogP contribution in [-0.2, 0) is 17.9 Å². The van der Waals surface area contributed by atoms with Gasteiger partial charge in [0.2, 0.25) is 5.91 Å². The first kappa shape index (κ1) is 15.7. The zero-order chi connectivity index (χ0) is 15.1. The molecule has 0 saturated heterocycles. The van der Waals surface area contributed by atoms with Gasteiger partial charge in [-0.3, -0.25) is 4.79 Å². The largest absolute Gasteiger partial charge is 0.351 e. The molecule has 3 nitrogen and oxygen atoms in total. The summed E-state index contributed by atoms with van der Waals surface area (Å²) in [7, 11) is 0. The SMILES string of the molecule is O=C(CNCc1ccc(Br)c(F)c1)NCc1ccccc1. The summed E-state index contributed by atoms with van der Waals surface area (Å²) >= 11 is 3.10. The number of rotatable bonds is 6. The fourth-order valence-corrected chi connectivity index (χ4v) is 2.08. The Bertz CT molecular complexity index is 604. The van der Waals surface area contributed by atoms with Gasteiger partial charge in [-0.25, -0.2) is 4.39 Å². The molecule has 0 bridgehead atoms. The van der Waals surface area contributed by atoms with Crippen molar-refractivity contribution in [2.45, 2.75) is 13.1 Å². The zero-order valence-corrected chi connectivity index (χ0v) is 13.0. The third kappa shape index (κ3) is 5.28. The molecule has 21 heavy (non-hydrogen) atoms. The molecule has 0 spiro atoms. The molecule has 2 N–H and O–H groups in total. The van der Waals surface area contributed by atoms with Crippen LogP contribution >= 0.6 is 15.9 Å². The zero-order valence-electron chi connectivity index (χ0n) is 11.4. The maximum absolute atomic E-state index is 13.3. The van der Waals surface area contributed by atoms with Crippen molar-refractivity contribution in [1.82, 2.24) is 10.6 Å². The van der Waals surface area contributed by atoms with Gasteiger partial charge in [-0.1, -0.05) is 36.4 Å². The second kappa shape index (κ2) is 7.90. The number of carbonyl (C=O) groups is 1. The maximum atomic E-state index is 13.3. The van der Waals surface area contributed by atoms with E-state index in [0.29, 0.717) is 17.6 Å². The van der Waals surface area contributed by atoms with Gasteiger partial charge in [0.1, 0.15) is 5.82 Å². The number of hydrogen-bond donors (Lipinski definition) is 2. The molecule has 2 rings (SSSR count). The van der Waals surface area contributed by atoms with E-state index < -0.39 is 0 Å². The fraction of sp³-hybridized carbons (Fsp3) is 0.188.